The number of furan rings is 1. The van der Waals surface area contributed by atoms with Gasteiger partial charge in [-0.05, 0) is 36.9 Å². The molecule has 0 unspecified atom stereocenters. The fourth-order valence-corrected chi connectivity index (χ4v) is 1.69. The minimum Gasteiger partial charge on any atom is -0.486 e. The van der Waals surface area contributed by atoms with E-state index in [0.29, 0.717) is 18.7 Å². The topological polar surface area (TPSA) is 48.4 Å². The zero-order chi connectivity index (χ0) is 14.6. The Morgan fingerprint density at radius 1 is 1.10 bits per heavy atom. The van der Waals surface area contributed by atoms with Crippen molar-refractivity contribution in [3.8, 4) is 5.75 Å². The summed E-state index contributed by atoms with van der Waals surface area (Å²) in [5.74, 6) is 1.43. The van der Waals surface area contributed by atoms with Crippen molar-refractivity contribution in [2.24, 2.45) is 5.73 Å². The van der Waals surface area contributed by atoms with Crippen LogP contribution < -0.4 is 10.5 Å². The maximum atomic E-state index is 12.5. The van der Waals surface area contributed by atoms with Crippen molar-refractivity contribution in [3.63, 3.8) is 0 Å². The molecule has 0 aliphatic heterocycles. The number of rotatable bonds is 5. The van der Waals surface area contributed by atoms with Crippen molar-refractivity contribution in [1.82, 2.24) is 0 Å². The van der Waals surface area contributed by atoms with E-state index >= 15 is 0 Å². The van der Waals surface area contributed by atoms with E-state index in [1.54, 1.807) is 12.1 Å². The van der Waals surface area contributed by atoms with E-state index in [-0.39, 0.29) is 12.4 Å². The monoisotopic (exact) mass is 285 g/mol. The van der Waals surface area contributed by atoms with Gasteiger partial charge in [0.1, 0.15) is 23.9 Å². The van der Waals surface area contributed by atoms with Crippen LogP contribution in [-0.2, 0) is 19.2 Å². The number of benzene rings is 1. The molecule has 6 heteroatoms. The quantitative estimate of drug-likeness (QED) is 0.916. The first kappa shape index (κ1) is 14.5. The van der Waals surface area contributed by atoms with Gasteiger partial charge in [-0.3, -0.25) is 0 Å². The van der Waals surface area contributed by atoms with Crippen molar-refractivity contribution in [3.05, 3.63) is 53.5 Å². The van der Waals surface area contributed by atoms with E-state index in [2.05, 4.69) is 0 Å². The molecule has 0 fully saturated rings. The number of alkyl halides is 3. The highest BCUT2D eigenvalue weighted by Gasteiger charge is 2.30. The normalized spacial score (nSPS) is 11.6. The maximum Gasteiger partial charge on any atom is 0.416 e. The third kappa shape index (κ3) is 3.77. The molecule has 2 rings (SSSR count). The van der Waals surface area contributed by atoms with Crippen LogP contribution in [0.25, 0.3) is 0 Å². The van der Waals surface area contributed by atoms with Crippen molar-refractivity contribution in [2.75, 3.05) is 6.54 Å². The Balaban J connectivity index is 1.99. The molecule has 0 spiro atoms. The van der Waals surface area contributed by atoms with E-state index in [9.17, 15) is 13.2 Å². The Kier molecular flexibility index (Phi) is 4.34. The molecule has 2 N–H and O–H groups in total. The van der Waals surface area contributed by atoms with Crippen LogP contribution in [-0.4, -0.2) is 6.54 Å². The predicted octanol–water partition coefficient (Wildman–Crippen LogP) is 3.38. The maximum absolute atomic E-state index is 12.5. The van der Waals surface area contributed by atoms with Gasteiger partial charge in [-0.1, -0.05) is 6.07 Å². The minimum absolute atomic E-state index is 0.0753. The molecule has 2 aromatic rings. The second-order valence-corrected chi connectivity index (χ2v) is 4.22. The SMILES string of the molecule is NCCc1ccc(COc2cccc(C(F)(F)F)c2)o1. The fraction of sp³-hybridized carbons (Fsp3) is 0.286. The van der Waals surface area contributed by atoms with Gasteiger partial charge in [-0.2, -0.15) is 13.2 Å². The summed E-state index contributed by atoms with van der Waals surface area (Å²) in [7, 11) is 0. The number of hydrogen-bond acceptors (Lipinski definition) is 3. The lowest BCUT2D eigenvalue weighted by Crippen LogP contribution is -2.05. The summed E-state index contributed by atoms with van der Waals surface area (Å²) in [5.41, 5.74) is 4.66. The van der Waals surface area contributed by atoms with Gasteiger partial charge in [-0.15, -0.1) is 0 Å². The first-order valence-electron chi connectivity index (χ1n) is 6.07. The Bertz CT molecular complexity index is 564. The van der Waals surface area contributed by atoms with Crippen LogP contribution in [0.1, 0.15) is 17.1 Å². The van der Waals surface area contributed by atoms with Crippen LogP contribution >= 0.6 is 0 Å². The van der Waals surface area contributed by atoms with Crippen LogP contribution in [0.5, 0.6) is 5.75 Å². The third-order valence-electron chi connectivity index (χ3n) is 2.65. The molecular weight excluding hydrogens is 271 g/mol. The Hall–Kier alpha value is -1.95. The average molecular weight is 285 g/mol. The highest BCUT2D eigenvalue weighted by atomic mass is 19.4. The number of halogens is 3. The van der Waals surface area contributed by atoms with Gasteiger partial charge in [0.25, 0.3) is 0 Å². The molecule has 0 saturated heterocycles. The molecule has 108 valence electrons. The summed E-state index contributed by atoms with van der Waals surface area (Å²) in [5, 5.41) is 0. The predicted molar refractivity (Wildman–Crippen MR) is 67.2 cm³/mol. The zero-order valence-electron chi connectivity index (χ0n) is 10.6. The van der Waals surface area contributed by atoms with Crippen molar-refractivity contribution >= 4 is 0 Å². The van der Waals surface area contributed by atoms with Gasteiger partial charge in [0, 0.05) is 6.42 Å². The Morgan fingerprint density at radius 2 is 1.85 bits per heavy atom. The van der Waals surface area contributed by atoms with Gasteiger partial charge in [0.15, 0.2) is 0 Å². The summed E-state index contributed by atoms with van der Waals surface area (Å²) >= 11 is 0. The second kappa shape index (κ2) is 6.00. The summed E-state index contributed by atoms with van der Waals surface area (Å²) in [4.78, 5) is 0. The average Bonchev–Trinajstić information content (AvgIpc) is 2.84. The van der Waals surface area contributed by atoms with Crippen molar-refractivity contribution in [1.29, 1.82) is 0 Å². The molecular formula is C14H14F3NO2. The van der Waals surface area contributed by atoms with Crippen molar-refractivity contribution in [2.45, 2.75) is 19.2 Å². The highest BCUT2D eigenvalue weighted by molar-refractivity contribution is 5.30. The third-order valence-corrected chi connectivity index (χ3v) is 2.65. The first-order chi connectivity index (χ1) is 9.49. The van der Waals surface area contributed by atoms with Gasteiger partial charge in [0.2, 0.25) is 0 Å². The van der Waals surface area contributed by atoms with Gasteiger partial charge < -0.3 is 14.9 Å². The number of ether oxygens (including phenoxy) is 1. The Morgan fingerprint density at radius 3 is 2.55 bits per heavy atom. The van der Waals surface area contributed by atoms with Crippen LogP contribution in [0, 0.1) is 0 Å². The van der Waals surface area contributed by atoms with E-state index in [1.165, 1.54) is 12.1 Å². The molecule has 1 aromatic carbocycles. The van der Waals surface area contributed by atoms with Crippen LogP contribution in [0.3, 0.4) is 0 Å². The van der Waals surface area contributed by atoms with Gasteiger partial charge in [0.05, 0.1) is 5.56 Å². The zero-order valence-corrected chi connectivity index (χ0v) is 10.6. The summed E-state index contributed by atoms with van der Waals surface area (Å²) < 4.78 is 48.3. The number of nitrogens with two attached hydrogens (primary N) is 1. The molecule has 0 saturated carbocycles. The summed E-state index contributed by atoms with van der Waals surface area (Å²) in [6, 6.07) is 8.23. The van der Waals surface area contributed by atoms with Crippen molar-refractivity contribution < 1.29 is 22.3 Å². The summed E-state index contributed by atoms with van der Waals surface area (Å²) in [6.07, 6.45) is -3.76. The second-order valence-electron chi connectivity index (χ2n) is 4.22. The molecule has 0 aliphatic carbocycles. The standard InChI is InChI=1S/C14H14F3NO2/c15-14(16,17)10-2-1-3-12(8-10)19-9-13-5-4-11(20-13)6-7-18/h1-5,8H,6-7,9,18H2. The largest absolute Gasteiger partial charge is 0.486 e. The molecule has 0 radical (unpaired) electrons. The van der Waals surface area contributed by atoms with Crippen LogP contribution in [0.4, 0.5) is 13.2 Å². The number of hydrogen-bond donors (Lipinski definition) is 1. The van der Waals surface area contributed by atoms with Gasteiger partial charge >= 0.3 is 6.18 Å². The van der Waals surface area contributed by atoms with Crippen LogP contribution in [0.2, 0.25) is 0 Å². The molecule has 20 heavy (non-hydrogen) atoms. The summed E-state index contributed by atoms with van der Waals surface area (Å²) in [6.45, 7) is 0.549. The van der Waals surface area contributed by atoms with E-state index in [0.717, 1.165) is 17.9 Å². The molecule has 1 heterocycles. The smallest absolute Gasteiger partial charge is 0.416 e. The van der Waals surface area contributed by atoms with E-state index in [4.69, 9.17) is 14.9 Å². The Labute approximate surface area is 114 Å². The molecule has 3 nitrogen and oxygen atoms in total. The first-order valence-corrected chi connectivity index (χ1v) is 6.07. The molecule has 1 aromatic heterocycles. The molecule has 0 aliphatic rings. The van der Waals surface area contributed by atoms with E-state index < -0.39 is 11.7 Å². The highest BCUT2D eigenvalue weighted by Crippen LogP contribution is 2.31. The molecule has 0 amide bonds. The van der Waals surface area contributed by atoms with Gasteiger partial charge in [-0.25, -0.2) is 0 Å². The molecule has 0 atom stereocenters. The lowest BCUT2D eigenvalue weighted by atomic mass is 10.2. The lowest BCUT2D eigenvalue weighted by Gasteiger charge is -2.09. The van der Waals surface area contributed by atoms with E-state index in [1.807, 2.05) is 0 Å². The minimum atomic E-state index is -4.38. The fourth-order valence-electron chi connectivity index (χ4n) is 1.69. The van der Waals surface area contributed by atoms with Crippen LogP contribution in [0.15, 0.2) is 40.8 Å². The lowest BCUT2D eigenvalue weighted by molar-refractivity contribution is -0.137. The molecule has 0 bridgehead atoms.